The number of phenolic OH excluding ortho intramolecular Hbond substituents is 1. The van der Waals surface area contributed by atoms with E-state index in [1.54, 1.807) is 30.3 Å². The molecule has 31 heavy (non-hydrogen) atoms. The van der Waals surface area contributed by atoms with Gasteiger partial charge in [0.25, 0.3) is 5.91 Å². The number of aromatic nitrogens is 1. The van der Waals surface area contributed by atoms with Crippen molar-refractivity contribution in [1.29, 1.82) is 0 Å². The van der Waals surface area contributed by atoms with E-state index in [2.05, 4.69) is 27.4 Å². The standard InChI is InChI=1S/C23H20N2O5S/c1-29-21-10-9-20(13-22(21)30-2)31(3,28)25-23(27)18-11-17(14-24-15-18)8-7-16-5-4-6-19(26)12-16/h4-6,9-15,26H,3H2,1-2H3,(H,25,27,28). The van der Waals surface area contributed by atoms with Crippen molar-refractivity contribution in [2.75, 3.05) is 14.2 Å². The quantitative estimate of drug-likeness (QED) is 0.471. The first-order chi connectivity index (χ1) is 14.8. The first kappa shape index (κ1) is 21.7. The largest absolute Gasteiger partial charge is 0.508 e. The predicted octanol–water partition coefficient (Wildman–Crippen LogP) is 2.62. The molecule has 8 heteroatoms. The monoisotopic (exact) mass is 436 g/mol. The Hall–Kier alpha value is -3.96. The number of aromatic hydroxyl groups is 1. The third kappa shape index (κ3) is 5.35. The van der Waals surface area contributed by atoms with Crippen molar-refractivity contribution in [3.63, 3.8) is 0 Å². The molecule has 0 aliphatic heterocycles. The topological polar surface area (TPSA) is 97.8 Å². The molecule has 0 aliphatic carbocycles. The van der Waals surface area contributed by atoms with Gasteiger partial charge in [-0.2, -0.15) is 0 Å². The van der Waals surface area contributed by atoms with Gasteiger partial charge in [-0.3, -0.25) is 14.5 Å². The molecule has 2 N–H and O–H groups in total. The second-order valence-electron chi connectivity index (χ2n) is 6.39. The lowest BCUT2D eigenvalue weighted by Crippen LogP contribution is -2.30. The Balaban J connectivity index is 1.81. The van der Waals surface area contributed by atoms with E-state index in [9.17, 15) is 14.1 Å². The Labute approximate surface area is 180 Å². The number of hydrogen-bond acceptors (Lipinski definition) is 6. The van der Waals surface area contributed by atoms with Crippen molar-refractivity contribution < 1.29 is 23.6 Å². The highest BCUT2D eigenvalue weighted by Gasteiger charge is 2.16. The highest BCUT2D eigenvalue weighted by atomic mass is 32.2. The van der Waals surface area contributed by atoms with Crippen LogP contribution in [0.15, 0.2) is 65.8 Å². The maximum Gasteiger partial charge on any atom is 0.264 e. The maximum absolute atomic E-state index is 13.1. The summed E-state index contributed by atoms with van der Waals surface area (Å²) in [4.78, 5) is 17.0. The van der Waals surface area contributed by atoms with Crippen molar-refractivity contribution in [3.8, 4) is 29.1 Å². The van der Waals surface area contributed by atoms with E-state index in [1.165, 1.54) is 44.8 Å². The van der Waals surface area contributed by atoms with Crippen molar-refractivity contribution >= 4 is 21.5 Å². The summed E-state index contributed by atoms with van der Waals surface area (Å²) in [5.41, 5.74) is 1.28. The van der Waals surface area contributed by atoms with Gasteiger partial charge in [0.05, 0.1) is 34.4 Å². The summed E-state index contributed by atoms with van der Waals surface area (Å²) < 4.78 is 25.9. The zero-order chi connectivity index (χ0) is 22.4. The molecule has 0 saturated carbocycles. The molecular formula is C23H20N2O5S. The first-order valence-electron chi connectivity index (χ1n) is 9.00. The Morgan fingerprint density at radius 2 is 1.77 bits per heavy atom. The lowest BCUT2D eigenvalue weighted by molar-refractivity contribution is 0.0982. The summed E-state index contributed by atoms with van der Waals surface area (Å²) in [6.07, 6.45) is 2.85. The number of amides is 1. The van der Waals surface area contributed by atoms with Crippen LogP contribution in [0.5, 0.6) is 17.2 Å². The molecular weight excluding hydrogens is 416 g/mol. The molecule has 158 valence electrons. The van der Waals surface area contributed by atoms with Crippen LogP contribution < -0.4 is 14.2 Å². The summed E-state index contributed by atoms with van der Waals surface area (Å²) in [6.45, 7) is 0. The maximum atomic E-state index is 13.1. The molecule has 3 rings (SSSR count). The van der Waals surface area contributed by atoms with E-state index in [-0.39, 0.29) is 16.2 Å². The fraction of sp³-hybridized carbons (Fsp3) is 0.0870. The van der Waals surface area contributed by atoms with E-state index < -0.39 is 15.6 Å². The molecule has 7 nitrogen and oxygen atoms in total. The number of carbonyl (C=O) groups excluding carboxylic acids is 1. The number of carbonyl (C=O) groups is 1. The van der Waals surface area contributed by atoms with Crippen molar-refractivity contribution in [2.45, 2.75) is 4.90 Å². The number of nitrogens with zero attached hydrogens (tertiary/aromatic N) is 1. The van der Waals surface area contributed by atoms with Crippen LogP contribution in [0.1, 0.15) is 21.5 Å². The minimum absolute atomic E-state index is 0.110. The molecule has 0 spiro atoms. The van der Waals surface area contributed by atoms with Gasteiger partial charge in [-0.25, -0.2) is 4.21 Å². The van der Waals surface area contributed by atoms with Crippen molar-refractivity contribution in [3.05, 3.63) is 77.6 Å². The van der Waals surface area contributed by atoms with Gasteiger partial charge in [-0.1, -0.05) is 17.9 Å². The predicted molar refractivity (Wildman–Crippen MR) is 119 cm³/mol. The molecule has 0 aliphatic rings. The number of ether oxygens (including phenoxy) is 2. The Kier molecular flexibility index (Phi) is 6.48. The SMILES string of the molecule is C=S(=O)(NC(=O)c1cncc(C#Cc2cccc(O)c2)c1)c1ccc(OC)c(OC)c1. The van der Waals surface area contributed by atoms with Crippen LogP contribution in [0.4, 0.5) is 0 Å². The Morgan fingerprint density at radius 3 is 2.48 bits per heavy atom. The molecule has 1 unspecified atom stereocenters. The van der Waals surface area contributed by atoms with E-state index in [1.807, 2.05) is 0 Å². The van der Waals surface area contributed by atoms with E-state index >= 15 is 0 Å². The summed E-state index contributed by atoms with van der Waals surface area (Å²) >= 11 is 0. The molecule has 0 saturated heterocycles. The molecule has 3 aromatic rings. The molecule has 1 aromatic heterocycles. The number of rotatable bonds is 5. The van der Waals surface area contributed by atoms with Crippen LogP contribution in [0.25, 0.3) is 0 Å². The van der Waals surface area contributed by atoms with Crippen LogP contribution in [0.3, 0.4) is 0 Å². The van der Waals surface area contributed by atoms with E-state index in [0.717, 1.165) is 0 Å². The number of nitrogens with one attached hydrogen (secondary N) is 1. The van der Waals surface area contributed by atoms with Crippen molar-refractivity contribution in [1.82, 2.24) is 9.71 Å². The summed E-state index contributed by atoms with van der Waals surface area (Å²) in [5.74, 6) is 9.79. The van der Waals surface area contributed by atoms with Crippen LogP contribution in [-0.4, -0.2) is 40.3 Å². The zero-order valence-electron chi connectivity index (χ0n) is 16.9. The highest BCUT2D eigenvalue weighted by Crippen LogP contribution is 2.29. The van der Waals surface area contributed by atoms with Gasteiger partial charge in [-0.05, 0) is 42.3 Å². The normalized spacial score (nSPS) is 12.1. The smallest absolute Gasteiger partial charge is 0.264 e. The zero-order valence-corrected chi connectivity index (χ0v) is 17.7. The number of phenols is 1. The van der Waals surface area contributed by atoms with Crippen LogP contribution >= 0.6 is 0 Å². The molecule has 1 heterocycles. The fourth-order valence-electron chi connectivity index (χ4n) is 2.65. The first-order valence-corrected chi connectivity index (χ1v) is 10.7. The van der Waals surface area contributed by atoms with Crippen LogP contribution in [-0.2, 0) is 9.71 Å². The lowest BCUT2D eigenvalue weighted by Gasteiger charge is -2.14. The van der Waals surface area contributed by atoms with Gasteiger partial charge in [0, 0.05) is 29.6 Å². The number of pyridine rings is 1. The van der Waals surface area contributed by atoms with Crippen LogP contribution in [0.2, 0.25) is 0 Å². The number of benzene rings is 2. The third-order valence-corrected chi connectivity index (χ3v) is 5.72. The lowest BCUT2D eigenvalue weighted by atomic mass is 10.1. The molecule has 1 amide bonds. The average molecular weight is 436 g/mol. The number of methoxy groups -OCH3 is 2. The summed E-state index contributed by atoms with van der Waals surface area (Å²) in [7, 11) is -0.216. The van der Waals surface area contributed by atoms with Crippen molar-refractivity contribution in [2.24, 2.45) is 0 Å². The Morgan fingerprint density at radius 1 is 1.03 bits per heavy atom. The second-order valence-corrected chi connectivity index (χ2v) is 8.41. The molecule has 0 fully saturated rings. The van der Waals surface area contributed by atoms with Gasteiger partial charge in [0.2, 0.25) is 0 Å². The second kappa shape index (κ2) is 9.24. The van der Waals surface area contributed by atoms with Gasteiger partial charge >= 0.3 is 0 Å². The van der Waals surface area contributed by atoms with Gasteiger partial charge in [-0.15, -0.1) is 0 Å². The summed E-state index contributed by atoms with van der Waals surface area (Å²) in [5, 5.41) is 9.51. The van der Waals surface area contributed by atoms with Gasteiger partial charge in [0.15, 0.2) is 11.5 Å². The molecule has 1 atom stereocenters. The average Bonchev–Trinajstić information content (AvgIpc) is 2.77. The van der Waals surface area contributed by atoms with E-state index in [0.29, 0.717) is 22.6 Å². The Bertz CT molecular complexity index is 1290. The minimum Gasteiger partial charge on any atom is -0.508 e. The molecule has 2 aromatic carbocycles. The molecule has 0 bridgehead atoms. The molecule has 0 radical (unpaired) electrons. The summed E-state index contributed by atoms with van der Waals surface area (Å²) in [6, 6.07) is 12.7. The number of hydrogen-bond donors (Lipinski definition) is 2. The van der Waals surface area contributed by atoms with Gasteiger partial charge in [0.1, 0.15) is 5.75 Å². The van der Waals surface area contributed by atoms with Crippen LogP contribution in [0, 0.1) is 11.8 Å². The van der Waals surface area contributed by atoms with E-state index in [4.69, 9.17) is 9.47 Å². The highest BCUT2D eigenvalue weighted by molar-refractivity contribution is 7.99. The van der Waals surface area contributed by atoms with Gasteiger partial charge < -0.3 is 14.6 Å². The minimum atomic E-state index is -3.16. The fourth-order valence-corrected chi connectivity index (χ4v) is 3.77. The third-order valence-electron chi connectivity index (χ3n) is 4.19.